The van der Waals surface area contributed by atoms with Crippen LogP contribution in [0.25, 0.3) is 10.9 Å². The summed E-state index contributed by atoms with van der Waals surface area (Å²) in [6.07, 6.45) is 3.70. The van der Waals surface area contributed by atoms with Crippen LogP contribution in [0.2, 0.25) is 0 Å². The molecule has 1 aliphatic carbocycles. The number of nitrogens with one attached hydrogen (secondary N) is 1. The van der Waals surface area contributed by atoms with E-state index in [1.165, 1.54) is 41.4 Å². The number of para-hydroxylation sites is 1. The van der Waals surface area contributed by atoms with Crippen LogP contribution in [0.4, 0.5) is 0 Å². The first-order chi connectivity index (χ1) is 10.3. The molecule has 1 saturated heterocycles. The van der Waals surface area contributed by atoms with Gasteiger partial charge in [0.05, 0.1) is 6.61 Å². The van der Waals surface area contributed by atoms with E-state index >= 15 is 0 Å². The number of β-amino-alcohol motifs (C(OH)–C–C–N with tert-alkyl or cyclic N) is 1. The van der Waals surface area contributed by atoms with Crippen molar-refractivity contribution in [1.82, 2.24) is 9.88 Å². The topological polar surface area (TPSA) is 39.3 Å². The van der Waals surface area contributed by atoms with Crippen molar-refractivity contribution in [2.45, 2.75) is 32.2 Å². The summed E-state index contributed by atoms with van der Waals surface area (Å²) in [5.74, 6) is 1.57. The van der Waals surface area contributed by atoms with Crippen molar-refractivity contribution in [3.8, 4) is 0 Å². The first-order valence-electron chi connectivity index (χ1n) is 8.26. The van der Waals surface area contributed by atoms with Gasteiger partial charge in [-0.25, -0.2) is 0 Å². The Bertz CT molecular complexity index is 648. The molecule has 0 unspecified atom stereocenters. The van der Waals surface area contributed by atoms with Crippen molar-refractivity contribution in [1.29, 1.82) is 0 Å². The monoisotopic (exact) mass is 284 g/mol. The number of aliphatic hydroxyl groups excluding tert-OH is 1. The van der Waals surface area contributed by atoms with Crippen LogP contribution in [0.5, 0.6) is 0 Å². The van der Waals surface area contributed by atoms with Crippen molar-refractivity contribution in [3.63, 3.8) is 0 Å². The molecule has 3 atom stereocenters. The van der Waals surface area contributed by atoms with Crippen LogP contribution in [0.1, 0.15) is 37.1 Å². The predicted molar refractivity (Wildman–Crippen MR) is 85.3 cm³/mol. The molecule has 3 heteroatoms. The SMILES string of the molecule is CC[C@@H]1CN(CCO)[C@H]2C[C@@H]1Cc1[nH]c3ccccc3c12. The lowest BCUT2D eigenvalue weighted by molar-refractivity contribution is 0.0362. The number of piperidine rings is 1. The second-order valence-electron chi connectivity index (χ2n) is 6.67. The molecule has 0 spiro atoms. The summed E-state index contributed by atoms with van der Waals surface area (Å²) in [6.45, 7) is 4.51. The number of benzene rings is 1. The van der Waals surface area contributed by atoms with Gasteiger partial charge in [-0.1, -0.05) is 31.5 Å². The summed E-state index contributed by atoms with van der Waals surface area (Å²) < 4.78 is 0. The Morgan fingerprint density at radius 3 is 3.00 bits per heavy atom. The molecule has 112 valence electrons. The van der Waals surface area contributed by atoms with Gasteiger partial charge in [0.25, 0.3) is 0 Å². The molecule has 2 N–H and O–H groups in total. The number of hydrogen-bond acceptors (Lipinski definition) is 2. The molecule has 3 nitrogen and oxygen atoms in total. The summed E-state index contributed by atoms with van der Waals surface area (Å²) in [6, 6.07) is 9.16. The highest BCUT2D eigenvalue weighted by molar-refractivity contribution is 5.85. The number of aliphatic hydroxyl groups is 1. The van der Waals surface area contributed by atoms with Gasteiger partial charge in [-0.05, 0) is 36.3 Å². The molecule has 0 amide bonds. The molecule has 1 aromatic heterocycles. The van der Waals surface area contributed by atoms with E-state index in [0.717, 1.165) is 24.9 Å². The third-order valence-corrected chi connectivity index (χ3v) is 5.64. The Morgan fingerprint density at radius 1 is 1.33 bits per heavy atom. The van der Waals surface area contributed by atoms with Crippen molar-refractivity contribution in [2.75, 3.05) is 19.7 Å². The molecule has 0 saturated carbocycles. The minimum Gasteiger partial charge on any atom is -0.395 e. The maximum atomic E-state index is 9.44. The molecule has 21 heavy (non-hydrogen) atoms. The quantitative estimate of drug-likeness (QED) is 0.909. The molecule has 2 aliphatic rings. The highest BCUT2D eigenvalue weighted by Crippen LogP contribution is 2.47. The van der Waals surface area contributed by atoms with Crippen molar-refractivity contribution in [2.24, 2.45) is 11.8 Å². The number of aromatic amines is 1. The number of nitrogens with zero attached hydrogens (tertiary/aromatic N) is 1. The van der Waals surface area contributed by atoms with E-state index in [2.05, 4.69) is 41.1 Å². The van der Waals surface area contributed by atoms with Gasteiger partial charge in [0, 0.05) is 35.7 Å². The third-order valence-electron chi connectivity index (χ3n) is 5.64. The highest BCUT2D eigenvalue weighted by atomic mass is 16.3. The number of aromatic nitrogens is 1. The van der Waals surface area contributed by atoms with Gasteiger partial charge in [-0.3, -0.25) is 4.90 Å². The van der Waals surface area contributed by atoms with Gasteiger partial charge in [-0.2, -0.15) is 0 Å². The Hall–Kier alpha value is -1.32. The van der Waals surface area contributed by atoms with Crippen molar-refractivity contribution >= 4 is 10.9 Å². The zero-order chi connectivity index (χ0) is 14.4. The second-order valence-corrected chi connectivity index (χ2v) is 6.67. The van der Waals surface area contributed by atoms with Crippen LogP contribution in [0, 0.1) is 11.8 Å². The van der Waals surface area contributed by atoms with Gasteiger partial charge < -0.3 is 10.1 Å². The van der Waals surface area contributed by atoms with Gasteiger partial charge >= 0.3 is 0 Å². The number of H-pyrrole nitrogens is 1. The average Bonchev–Trinajstić information content (AvgIpc) is 2.88. The van der Waals surface area contributed by atoms with E-state index in [9.17, 15) is 5.11 Å². The van der Waals surface area contributed by atoms with Gasteiger partial charge in [0.15, 0.2) is 0 Å². The Morgan fingerprint density at radius 2 is 2.19 bits per heavy atom. The molecule has 1 aromatic carbocycles. The second kappa shape index (κ2) is 5.15. The smallest absolute Gasteiger partial charge is 0.0558 e. The Balaban J connectivity index is 1.83. The van der Waals surface area contributed by atoms with Gasteiger partial charge in [0.2, 0.25) is 0 Å². The fourth-order valence-corrected chi connectivity index (χ4v) is 4.62. The van der Waals surface area contributed by atoms with E-state index in [1.54, 1.807) is 0 Å². The molecule has 1 aliphatic heterocycles. The number of hydrogen-bond donors (Lipinski definition) is 2. The van der Waals surface area contributed by atoms with Gasteiger partial charge in [0.1, 0.15) is 0 Å². The summed E-state index contributed by atoms with van der Waals surface area (Å²) in [7, 11) is 0. The third kappa shape index (κ3) is 2.02. The maximum absolute atomic E-state index is 9.44. The standard InChI is InChI=1S/C18H24N2O/c1-2-12-11-20(7-8-21)17-10-13(12)9-16-18(17)14-5-3-4-6-15(14)19-16/h3-6,12-13,17,19,21H,2,7-11H2,1H3/t12-,13+,17+/m1/s1. The molecule has 2 bridgehead atoms. The van der Waals surface area contributed by atoms with Crippen LogP contribution < -0.4 is 0 Å². The number of likely N-dealkylation sites (tertiary alicyclic amines) is 1. The van der Waals surface area contributed by atoms with E-state index in [0.29, 0.717) is 6.04 Å². The van der Waals surface area contributed by atoms with Crippen LogP contribution in [-0.2, 0) is 6.42 Å². The van der Waals surface area contributed by atoms with E-state index in [-0.39, 0.29) is 6.61 Å². The fraction of sp³-hybridized carbons (Fsp3) is 0.556. The first kappa shape index (κ1) is 13.4. The molecular weight excluding hydrogens is 260 g/mol. The number of fused-ring (bicyclic) bond motifs is 6. The van der Waals surface area contributed by atoms with Crippen LogP contribution >= 0.6 is 0 Å². The lowest BCUT2D eigenvalue weighted by atomic mass is 9.71. The molecular formula is C18H24N2O. The number of rotatable bonds is 3. The van der Waals surface area contributed by atoms with Gasteiger partial charge in [-0.15, -0.1) is 0 Å². The summed E-state index contributed by atoms with van der Waals surface area (Å²) in [5.41, 5.74) is 4.22. The lowest BCUT2D eigenvalue weighted by Crippen LogP contribution is -2.46. The zero-order valence-corrected chi connectivity index (χ0v) is 12.7. The van der Waals surface area contributed by atoms with E-state index in [4.69, 9.17) is 0 Å². The molecule has 2 aromatic rings. The van der Waals surface area contributed by atoms with Crippen LogP contribution in [-0.4, -0.2) is 34.7 Å². The predicted octanol–water partition coefficient (Wildman–Crippen LogP) is 3.11. The van der Waals surface area contributed by atoms with Crippen LogP contribution in [0.3, 0.4) is 0 Å². The fourth-order valence-electron chi connectivity index (χ4n) is 4.62. The van der Waals surface area contributed by atoms with E-state index < -0.39 is 0 Å². The first-order valence-corrected chi connectivity index (χ1v) is 8.26. The molecule has 0 radical (unpaired) electrons. The van der Waals surface area contributed by atoms with Crippen molar-refractivity contribution in [3.05, 3.63) is 35.5 Å². The largest absolute Gasteiger partial charge is 0.395 e. The summed E-state index contributed by atoms with van der Waals surface area (Å²) in [4.78, 5) is 6.18. The average molecular weight is 284 g/mol. The van der Waals surface area contributed by atoms with Crippen LogP contribution in [0.15, 0.2) is 24.3 Å². The highest BCUT2D eigenvalue weighted by Gasteiger charge is 2.41. The zero-order valence-electron chi connectivity index (χ0n) is 12.7. The molecule has 2 heterocycles. The Labute approximate surface area is 126 Å². The van der Waals surface area contributed by atoms with E-state index in [1.807, 2.05) is 0 Å². The van der Waals surface area contributed by atoms with Crippen molar-refractivity contribution < 1.29 is 5.11 Å². The lowest BCUT2D eigenvalue weighted by Gasteiger charge is -2.47. The minimum atomic E-state index is 0.259. The molecule has 4 rings (SSSR count). The summed E-state index contributed by atoms with van der Waals surface area (Å²) >= 11 is 0. The Kier molecular flexibility index (Phi) is 3.27. The normalized spacial score (nSPS) is 28.8. The minimum absolute atomic E-state index is 0.259. The molecule has 1 fully saturated rings. The maximum Gasteiger partial charge on any atom is 0.0558 e. The summed E-state index contributed by atoms with van der Waals surface area (Å²) in [5, 5.41) is 10.8.